The minimum atomic E-state index is -1.63. The third-order valence-corrected chi connectivity index (χ3v) is 7.73. The van der Waals surface area contributed by atoms with Gasteiger partial charge in [-0.3, -0.25) is 4.90 Å². The fraction of sp³-hybridized carbons (Fsp3) is 0.346. The van der Waals surface area contributed by atoms with Crippen molar-refractivity contribution in [3.8, 4) is 6.07 Å². The number of nitriles is 1. The van der Waals surface area contributed by atoms with Crippen molar-refractivity contribution in [3.05, 3.63) is 86.1 Å². The molecule has 5 rings (SSSR count). The van der Waals surface area contributed by atoms with Crippen LogP contribution in [0.15, 0.2) is 52.9 Å². The van der Waals surface area contributed by atoms with Crippen LogP contribution in [0.25, 0.3) is 0 Å². The maximum atomic E-state index is 15.5. The Labute approximate surface area is 222 Å². The Kier molecular flexibility index (Phi) is 6.89. The third-order valence-electron chi connectivity index (χ3n) is 6.58. The van der Waals surface area contributed by atoms with Crippen LogP contribution < -0.4 is 5.43 Å². The molecule has 11 heteroatoms. The lowest BCUT2D eigenvalue weighted by Gasteiger charge is -2.49. The number of aromatic nitrogens is 1. The zero-order valence-corrected chi connectivity index (χ0v) is 21.6. The van der Waals surface area contributed by atoms with Crippen LogP contribution in [0, 0.1) is 23.1 Å². The lowest BCUT2D eigenvalue weighted by atomic mass is 9.72. The van der Waals surface area contributed by atoms with Gasteiger partial charge in [-0.05, 0) is 61.2 Å². The van der Waals surface area contributed by atoms with Gasteiger partial charge >= 0.3 is 0 Å². The smallest absolute Gasteiger partial charge is 0.295 e. The molecule has 0 saturated carbocycles. The topological polar surface area (TPSA) is 93.8 Å². The average molecular weight is 544 g/mol. The van der Waals surface area contributed by atoms with Crippen molar-refractivity contribution in [2.24, 2.45) is 11.0 Å². The van der Waals surface area contributed by atoms with E-state index in [0.29, 0.717) is 29.4 Å². The number of nitrogens with one attached hydrogen (secondary N) is 1. The second kappa shape index (κ2) is 9.99. The number of nitrogens with zero attached hydrogens (tertiary/aromatic N) is 4. The van der Waals surface area contributed by atoms with Gasteiger partial charge in [-0.1, -0.05) is 23.7 Å². The van der Waals surface area contributed by atoms with E-state index in [-0.39, 0.29) is 23.4 Å². The molecule has 2 unspecified atom stereocenters. The van der Waals surface area contributed by atoms with Gasteiger partial charge < -0.3 is 9.84 Å². The largest absolute Gasteiger partial charge is 0.425 e. The van der Waals surface area contributed by atoms with Crippen molar-refractivity contribution in [2.45, 2.75) is 37.9 Å². The molecule has 1 saturated heterocycles. The maximum Gasteiger partial charge on any atom is 0.295 e. The van der Waals surface area contributed by atoms with Crippen molar-refractivity contribution in [1.82, 2.24) is 15.3 Å². The first-order valence-corrected chi connectivity index (χ1v) is 12.9. The highest BCUT2D eigenvalue weighted by Gasteiger charge is 2.46. The van der Waals surface area contributed by atoms with Gasteiger partial charge in [0.15, 0.2) is 0 Å². The molecule has 1 fully saturated rings. The summed E-state index contributed by atoms with van der Waals surface area (Å²) in [5.41, 5.74) is 2.91. The molecule has 192 valence electrons. The first kappa shape index (κ1) is 25.5. The molecule has 3 heterocycles. The summed E-state index contributed by atoms with van der Waals surface area (Å²) in [6.45, 7) is 4.06. The van der Waals surface area contributed by atoms with E-state index in [1.165, 1.54) is 31.3 Å². The number of aliphatic hydroxyl groups is 1. The lowest BCUT2D eigenvalue weighted by molar-refractivity contribution is -0.0331. The molecular weight excluding hydrogens is 520 g/mol. The van der Waals surface area contributed by atoms with Gasteiger partial charge in [0, 0.05) is 29.4 Å². The molecule has 3 atom stereocenters. The van der Waals surface area contributed by atoms with E-state index in [4.69, 9.17) is 21.3 Å². The number of rotatable bonds is 7. The summed E-state index contributed by atoms with van der Waals surface area (Å²) in [6, 6.07) is 13.3. The Hall–Kier alpha value is -3.10. The van der Waals surface area contributed by atoms with Gasteiger partial charge in [0.25, 0.3) is 12.3 Å². The van der Waals surface area contributed by atoms with Gasteiger partial charge in [-0.15, -0.1) is 16.4 Å². The van der Waals surface area contributed by atoms with E-state index in [9.17, 15) is 14.8 Å². The Morgan fingerprint density at radius 2 is 1.97 bits per heavy atom. The maximum absolute atomic E-state index is 15.5. The molecule has 3 aromatic rings. The Morgan fingerprint density at radius 3 is 2.59 bits per heavy atom. The minimum Gasteiger partial charge on any atom is -0.425 e. The fourth-order valence-electron chi connectivity index (χ4n) is 5.11. The number of hydrogen-bond donors (Lipinski definition) is 2. The van der Waals surface area contributed by atoms with Gasteiger partial charge in [0.1, 0.15) is 22.2 Å². The van der Waals surface area contributed by atoms with Gasteiger partial charge in [0.05, 0.1) is 17.7 Å². The van der Waals surface area contributed by atoms with Crippen LogP contribution in [0.2, 0.25) is 5.02 Å². The zero-order valence-electron chi connectivity index (χ0n) is 20.0. The second-order valence-corrected chi connectivity index (χ2v) is 11.0. The van der Waals surface area contributed by atoms with Crippen LogP contribution in [-0.2, 0) is 4.74 Å². The van der Waals surface area contributed by atoms with Crippen LogP contribution >= 0.6 is 22.9 Å². The summed E-state index contributed by atoms with van der Waals surface area (Å²) in [6.07, 6.45) is -1.21. The van der Waals surface area contributed by atoms with E-state index >= 15 is 4.39 Å². The fourth-order valence-corrected chi connectivity index (χ4v) is 6.19. The molecule has 0 spiro atoms. The molecule has 2 aliphatic heterocycles. The third kappa shape index (κ3) is 5.31. The van der Waals surface area contributed by atoms with Crippen molar-refractivity contribution in [3.63, 3.8) is 0 Å². The molecule has 0 amide bonds. The number of ether oxygens (including phenoxy) is 1. The summed E-state index contributed by atoms with van der Waals surface area (Å²) in [5, 5.41) is 26.0. The summed E-state index contributed by atoms with van der Waals surface area (Å²) in [4.78, 5) is 6.90. The number of halogens is 3. The number of hydrazone groups is 1. The highest BCUT2D eigenvalue weighted by molar-refractivity contribution is 7.10. The van der Waals surface area contributed by atoms with Crippen LogP contribution in [0.5, 0.6) is 0 Å². The summed E-state index contributed by atoms with van der Waals surface area (Å²) in [7, 11) is 0. The summed E-state index contributed by atoms with van der Waals surface area (Å²) < 4.78 is 35.0. The monoisotopic (exact) mass is 543 g/mol. The summed E-state index contributed by atoms with van der Waals surface area (Å²) >= 11 is 7.55. The van der Waals surface area contributed by atoms with Crippen molar-refractivity contribution in [2.75, 3.05) is 13.1 Å². The van der Waals surface area contributed by atoms with Crippen molar-refractivity contribution >= 4 is 28.8 Å². The van der Waals surface area contributed by atoms with Crippen LogP contribution in [0.1, 0.15) is 53.2 Å². The molecule has 37 heavy (non-hydrogen) atoms. The van der Waals surface area contributed by atoms with Crippen LogP contribution in [0.4, 0.5) is 8.78 Å². The average Bonchev–Trinajstić information content (AvgIpc) is 3.46. The number of benzene rings is 2. The molecular formula is C26H24ClF2N5O2S. The van der Waals surface area contributed by atoms with Gasteiger partial charge in [-0.25, -0.2) is 19.2 Å². The molecule has 0 radical (unpaired) electrons. The predicted octanol–water partition coefficient (Wildman–Crippen LogP) is 4.92. The molecule has 2 aliphatic rings. The van der Waals surface area contributed by atoms with Crippen LogP contribution in [-0.4, -0.2) is 46.1 Å². The molecule has 7 nitrogen and oxygen atoms in total. The van der Waals surface area contributed by atoms with Crippen molar-refractivity contribution in [1.29, 1.82) is 5.26 Å². The van der Waals surface area contributed by atoms with Gasteiger partial charge in [0.2, 0.25) is 0 Å². The molecule has 0 bridgehead atoms. The quantitative estimate of drug-likeness (QED) is 0.439. The molecule has 2 N–H and O–H groups in total. The van der Waals surface area contributed by atoms with E-state index in [2.05, 4.69) is 15.4 Å². The predicted molar refractivity (Wildman–Crippen MR) is 136 cm³/mol. The molecule has 1 aromatic heterocycles. The Morgan fingerprint density at radius 1 is 1.24 bits per heavy atom. The van der Waals surface area contributed by atoms with E-state index in [0.717, 1.165) is 16.6 Å². The van der Waals surface area contributed by atoms with Gasteiger partial charge in [-0.2, -0.15) is 5.26 Å². The Bertz CT molecular complexity index is 1360. The van der Waals surface area contributed by atoms with Crippen molar-refractivity contribution < 1.29 is 18.6 Å². The standard InChI is InChI=1S/C26H24ClF2N5O2S/c1-26(2,29)21(16-7-14(10-30)8-19(28)9-16)17-11-34(12-17)22(15-3-5-18(27)6-4-15)24-31-20(13-37-24)23-32-33-25(35)36-23/h3-9,13,17,21-22,25,33,35H,11-12H2,1-2H3/t21?,22-,25?/m1/s1. The number of hydrogen-bond acceptors (Lipinski definition) is 8. The van der Waals surface area contributed by atoms with E-state index in [1.807, 2.05) is 30.3 Å². The molecule has 2 aromatic carbocycles. The SMILES string of the molecule is CC(C)(F)C(c1cc(F)cc(C#N)c1)C1CN([C@H](c2ccc(Cl)cc2)c2nc(C3=NNC(O)O3)cs2)C1. The first-order valence-electron chi connectivity index (χ1n) is 11.6. The number of alkyl halides is 1. The first-order chi connectivity index (χ1) is 17.6. The number of thiazole rings is 1. The lowest BCUT2D eigenvalue weighted by Crippen LogP contribution is -2.53. The van der Waals surface area contributed by atoms with E-state index < -0.39 is 23.8 Å². The normalized spacial score (nSPS) is 19.8. The highest BCUT2D eigenvalue weighted by atomic mass is 35.5. The highest BCUT2D eigenvalue weighted by Crippen LogP contribution is 2.46. The van der Waals surface area contributed by atoms with E-state index in [1.54, 1.807) is 11.4 Å². The zero-order chi connectivity index (χ0) is 26.3. The summed E-state index contributed by atoms with van der Waals surface area (Å²) in [5.74, 6) is -1.06. The Balaban J connectivity index is 1.43. The van der Waals surface area contributed by atoms with Crippen LogP contribution in [0.3, 0.4) is 0 Å². The number of likely N-dealkylation sites (tertiary alicyclic amines) is 1. The second-order valence-electron chi connectivity index (χ2n) is 9.68. The minimum absolute atomic E-state index is 0.107. The number of aliphatic hydroxyl groups excluding tert-OH is 1. The molecule has 0 aliphatic carbocycles.